The van der Waals surface area contributed by atoms with Crippen LogP contribution < -0.4 is 10.6 Å². The van der Waals surface area contributed by atoms with Crippen molar-refractivity contribution in [3.05, 3.63) is 16.6 Å². The molecule has 0 bridgehead atoms. The van der Waals surface area contributed by atoms with Crippen LogP contribution >= 0.6 is 11.3 Å². The van der Waals surface area contributed by atoms with Gasteiger partial charge in [-0.2, -0.15) is 0 Å². The zero-order valence-corrected chi connectivity index (χ0v) is 9.55. The van der Waals surface area contributed by atoms with Gasteiger partial charge in [0.2, 0.25) is 11.8 Å². The summed E-state index contributed by atoms with van der Waals surface area (Å²) in [6.07, 6.45) is 1.87. The molecular formula is C10H13N3O2S. The summed E-state index contributed by atoms with van der Waals surface area (Å²) in [5.74, 6) is -0.231. The average Bonchev–Trinajstić information content (AvgIpc) is 2.74. The Hall–Kier alpha value is -1.43. The summed E-state index contributed by atoms with van der Waals surface area (Å²) < 4.78 is 0. The van der Waals surface area contributed by atoms with Gasteiger partial charge in [-0.3, -0.25) is 9.59 Å². The Kier molecular flexibility index (Phi) is 3.51. The molecule has 86 valence electrons. The molecule has 1 saturated heterocycles. The lowest BCUT2D eigenvalue weighted by atomic mass is 10.1. The van der Waals surface area contributed by atoms with E-state index in [2.05, 4.69) is 15.6 Å². The van der Waals surface area contributed by atoms with Crippen LogP contribution in [-0.2, 0) is 16.0 Å². The van der Waals surface area contributed by atoms with E-state index in [4.69, 9.17) is 0 Å². The standard InChI is InChI=1S/C10H13N3O2S/c14-9(4-7-5-16-6-12-7)13-8-2-1-3-11-10(8)15/h5-6,8H,1-4H2,(H,11,15)(H,13,14). The van der Waals surface area contributed by atoms with Gasteiger partial charge in [0.25, 0.3) is 0 Å². The van der Waals surface area contributed by atoms with Crippen molar-refractivity contribution in [2.75, 3.05) is 6.54 Å². The SMILES string of the molecule is O=C(Cc1cscn1)NC1CCCNC1=O. The van der Waals surface area contributed by atoms with Crippen molar-refractivity contribution in [2.24, 2.45) is 0 Å². The minimum atomic E-state index is -0.375. The van der Waals surface area contributed by atoms with Crippen molar-refractivity contribution < 1.29 is 9.59 Å². The third kappa shape index (κ3) is 2.79. The van der Waals surface area contributed by atoms with Crippen molar-refractivity contribution in [1.29, 1.82) is 0 Å². The highest BCUT2D eigenvalue weighted by atomic mass is 32.1. The van der Waals surface area contributed by atoms with Crippen LogP contribution in [0.15, 0.2) is 10.9 Å². The Balaban J connectivity index is 1.84. The highest BCUT2D eigenvalue weighted by molar-refractivity contribution is 7.07. The normalized spacial score (nSPS) is 20.2. The second-order valence-corrected chi connectivity index (χ2v) is 4.43. The van der Waals surface area contributed by atoms with Gasteiger partial charge in [-0.05, 0) is 12.8 Å². The van der Waals surface area contributed by atoms with Crippen LogP contribution in [0.4, 0.5) is 0 Å². The molecule has 2 N–H and O–H groups in total. The molecule has 0 radical (unpaired) electrons. The minimum Gasteiger partial charge on any atom is -0.354 e. The number of hydrogen-bond acceptors (Lipinski definition) is 4. The minimum absolute atomic E-state index is 0.0853. The quantitative estimate of drug-likeness (QED) is 0.784. The van der Waals surface area contributed by atoms with Gasteiger partial charge < -0.3 is 10.6 Å². The molecule has 0 aromatic carbocycles. The molecule has 16 heavy (non-hydrogen) atoms. The smallest absolute Gasteiger partial charge is 0.242 e. The number of thiazole rings is 1. The van der Waals surface area contributed by atoms with Crippen LogP contribution in [0.5, 0.6) is 0 Å². The number of carbonyl (C=O) groups excluding carboxylic acids is 2. The summed E-state index contributed by atoms with van der Waals surface area (Å²) in [5.41, 5.74) is 2.44. The topological polar surface area (TPSA) is 71.1 Å². The number of hydrogen-bond donors (Lipinski definition) is 2. The molecule has 5 nitrogen and oxygen atoms in total. The molecule has 6 heteroatoms. The maximum Gasteiger partial charge on any atom is 0.242 e. The van der Waals surface area contributed by atoms with Crippen LogP contribution in [0.25, 0.3) is 0 Å². The van der Waals surface area contributed by atoms with Crippen LogP contribution in [0.2, 0.25) is 0 Å². The molecular weight excluding hydrogens is 226 g/mol. The fourth-order valence-electron chi connectivity index (χ4n) is 1.64. The van der Waals surface area contributed by atoms with Gasteiger partial charge in [0.05, 0.1) is 17.6 Å². The molecule has 1 aromatic rings. The van der Waals surface area contributed by atoms with Gasteiger partial charge in [-0.1, -0.05) is 0 Å². The Morgan fingerprint density at radius 1 is 1.69 bits per heavy atom. The van der Waals surface area contributed by atoms with Crippen molar-refractivity contribution in [3.63, 3.8) is 0 Å². The Bertz CT molecular complexity index is 377. The molecule has 1 atom stereocenters. The number of rotatable bonds is 3. The first-order valence-electron chi connectivity index (χ1n) is 5.20. The van der Waals surface area contributed by atoms with E-state index < -0.39 is 0 Å². The maximum atomic E-state index is 11.6. The monoisotopic (exact) mass is 239 g/mol. The summed E-state index contributed by atoms with van der Waals surface area (Å²) >= 11 is 1.46. The predicted molar refractivity (Wildman–Crippen MR) is 60.0 cm³/mol. The number of nitrogens with zero attached hydrogens (tertiary/aromatic N) is 1. The third-order valence-electron chi connectivity index (χ3n) is 2.45. The molecule has 1 aliphatic heterocycles. The molecule has 1 fully saturated rings. The number of carbonyl (C=O) groups is 2. The van der Waals surface area contributed by atoms with E-state index in [0.29, 0.717) is 13.0 Å². The van der Waals surface area contributed by atoms with E-state index in [1.54, 1.807) is 5.51 Å². The Labute approximate surface area is 97.3 Å². The lowest BCUT2D eigenvalue weighted by Crippen LogP contribution is -2.50. The van der Waals surface area contributed by atoms with E-state index in [1.807, 2.05) is 5.38 Å². The second kappa shape index (κ2) is 5.07. The first-order chi connectivity index (χ1) is 7.75. The number of nitrogens with one attached hydrogen (secondary N) is 2. The van der Waals surface area contributed by atoms with Crippen LogP contribution in [0, 0.1) is 0 Å². The molecule has 0 saturated carbocycles. The highest BCUT2D eigenvalue weighted by Gasteiger charge is 2.23. The van der Waals surface area contributed by atoms with E-state index in [0.717, 1.165) is 12.1 Å². The molecule has 2 rings (SSSR count). The molecule has 0 aliphatic carbocycles. The van der Waals surface area contributed by atoms with Gasteiger partial charge >= 0.3 is 0 Å². The van der Waals surface area contributed by atoms with Gasteiger partial charge in [-0.15, -0.1) is 11.3 Å². The molecule has 1 aliphatic rings. The Morgan fingerprint density at radius 3 is 3.25 bits per heavy atom. The largest absolute Gasteiger partial charge is 0.354 e. The first kappa shape index (κ1) is 11.1. The maximum absolute atomic E-state index is 11.6. The van der Waals surface area contributed by atoms with E-state index >= 15 is 0 Å². The molecule has 0 spiro atoms. The van der Waals surface area contributed by atoms with E-state index in [1.165, 1.54) is 11.3 Å². The summed E-state index contributed by atoms with van der Waals surface area (Å²) in [7, 11) is 0. The second-order valence-electron chi connectivity index (χ2n) is 3.71. The van der Waals surface area contributed by atoms with Crippen molar-refractivity contribution in [2.45, 2.75) is 25.3 Å². The summed E-state index contributed by atoms with van der Waals surface area (Å²) in [6.45, 7) is 0.706. The average molecular weight is 239 g/mol. The third-order valence-corrected chi connectivity index (χ3v) is 3.08. The van der Waals surface area contributed by atoms with Gasteiger partial charge in [0, 0.05) is 11.9 Å². The molecule has 2 amide bonds. The summed E-state index contributed by atoms with van der Waals surface area (Å²) in [5, 5.41) is 7.28. The number of piperidine rings is 1. The summed E-state index contributed by atoms with van der Waals surface area (Å²) in [6, 6.07) is -0.375. The zero-order valence-electron chi connectivity index (χ0n) is 8.73. The number of aromatic nitrogens is 1. The number of amides is 2. The van der Waals surface area contributed by atoms with Crippen molar-refractivity contribution in [1.82, 2.24) is 15.6 Å². The van der Waals surface area contributed by atoms with Crippen LogP contribution in [-0.4, -0.2) is 29.4 Å². The fraction of sp³-hybridized carbons (Fsp3) is 0.500. The Morgan fingerprint density at radius 2 is 2.56 bits per heavy atom. The van der Waals surface area contributed by atoms with Crippen molar-refractivity contribution in [3.8, 4) is 0 Å². The molecule has 1 aromatic heterocycles. The zero-order chi connectivity index (χ0) is 11.4. The highest BCUT2D eigenvalue weighted by Crippen LogP contribution is 2.05. The van der Waals surface area contributed by atoms with Crippen molar-refractivity contribution >= 4 is 23.2 Å². The molecule has 2 heterocycles. The predicted octanol–water partition coefficient (Wildman–Crippen LogP) is 0.0804. The van der Waals surface area contributed by atoms with Gasteiger partial charge in [0.1, 0.15) is 6.04 Å². The van der Waals surface area contributed by atoms with E-state index in [-0.39, 0.29) is 24.3 Å². The fourth-order valence-corrected chi connectivity index (χ4v) is 2.20. The first-order valence-corrected chi connectivity index (χ1v) is 6.14. The lowest BCUT2D eigenvalue weighted by Gasteiger charge is -2.22. The molecule has 1 unspecified atom stereocenters. The van der Waals surface area contributed by atoms with Gasteiger partial charge in [-0.25, -0.2) is 4.98 Å². The van der Waals surface area contributed by atoms with E-state index in [9.17, 15) is 9.59 Å². The summed E-state index contributed by atoms with van der Waals surface area (Å²) in [4.78, 5) is 27.0. The van der Waals surface area contributed by atoms with Gasteiger partial charge in [0.15, 0.2) is 0 Å². The lowest BCUT2D eigenvalue weighted by molar-refractivity contribution is -0.129. The van der Waals surface area contributed by atoms with Crippen LogP contribution in [0.3, 0.4) is 0 Å². The van der Waals surface area contributed by atoms with Crippen LogP contribution in [0.1, 0.15) is 18.5 Å².